The molecular weight excluding hydrogens is 516 g/mol. The molecule has 2 saturated heterocycles. The minimum atomic E-state index is -1.43. The number of hydrogen-bond acceptors (Lipinski definition) is 12. The van der Waals surface area contributed by atoms with Gasteiger partial charge in [-0.3, -0.25) is 9.59 Å². The largest absolute Gasteiger partial charge is 0.462 e. The van der Waals surface area contributed by atoms with Crippen molar-refractivity contribution in [3.05, 3.63) is 0 Å². The van der Waals surface area contributed by atoms with Crippen LogP contribution in [0.5, 0.6) is 0 Å². The molecule has 2 aliphatic rings. The van der Waals surface area contributed by atoms with E-state index in [1.807, 2.05) is 0 Å². The molecule has 0 aromatic carbocycles. The first-order valence-corrected chi connectivity index (χ1v) is 14.1. The molecule has 0 aliphatic carbocycles. The minimum absolute atomic E-state index is 0.0273. The molecule has 2 rings (SSSR count). The van der Waals surface area contributed by atoms with E-state index in [1.165, 1.54) is 13.8 Å². The summed E-state index contributed by atoms with van der Waals surface area (Å²) in [5, 5.41) is 0. The van der Waals surface area contributed by atoms with Gasteiger partial charge < -0.3 is 47.4 Å². The molecule has 2 aliphatic heterocycles. The van der Waals surface area contributed by atoms with E-state index in [0.29, 0.717) is 52.9 Å². The fourth-order valence-corrected chi connectivity index (χ4v) is 3.64. The molecule has 0 aromatic heterocycles. The van der Waals surface area contributed by atoms with Crippen LogP contribution in [0.2, 0.25) is 0 Å². The molecule has 2 atom stereocenters. The maximum absolute atomic E-state index is 12.3. The number of ether oxygens (including phenoxy) is 10. The van der Waals surface area contributed by atoms with Crippen molar-refractivity contribution in [3.8, 4) is 0 Å². The number of carbonyl (C=O) groups is 2. The second-order valence-electron chi connectivity index (χ2n) is 9.68. The van der Waals surface area contributed by atoms with Gasteiger partial charge >= 0.3 is 11.9 Å². The lowest BCUT2D eigenvalue weighted by Crippen LogP contribution is -2.37. The van der Waals surface area contributed by atoms with Gasteiger partial charge in [0.05, 0.1) is 66.1 Å². The van der Waals surface area contributed by atoms with Gasteiger partial charge in [-0.2, -0.15) is 0 Å². The molecule has 0 saturated carbocycles. The summed E-state index contributed by atoms with van der Waals surface area (Å²) in [6.07, 6.45) is 6.04. The zero-order chi connectivity index (χ0) is 28.0. The third-order valence-corrected chi connectivity index (χ3v) is 6.02. The van der Waals surface area contributed by atoms with Gasteiger partial charge in [0.2, 0.25) is 0 Å². The fourth-order valence-electron chi connectivity index (χ4n) is 3.64. The maximum Gasteiger partial charge on any atom is 0.322 e. The Labute approximate surface area is 232 Å². The highest BCUT2D eigenvalue weighted by molar-refractivity contribution is 5.99. The second kappa shape index (κ2) is 21.4. The average Bonchev–Trinajstić information content (AvgIpc) is 2.95. The first-order valence-electron chi connectivity index (χ1n) is 14.1. The molecule has 2 heterocycles. The van der Waals surface area contributed by atoms with Crippen molar-refractivity contribution >= 4 is 11.9 Å². The van der Waals surface area contributed by atoms with Crippen LogP contribution in [0.15, 0.2) is 0 Å². The van der Waals surface area contributed by atoms with E-state index in [1.54, 1.807) is 0 Å². The predicted molar refractivity (Wildman–Crippen MR) is 138 cm³/mol. The van der Waals surface area contributed by atoms with Crippen LogP contribution in [-0.2, 0) is 57.0 Å². The molecule has 2 fully saturated rings. The van der Waals surface area contributed by atoms with E-state index in [4.69, 9.17) is 47.4 Å². The van der Waals surface area contributed by atoms with Crippen LogP contribution >= 0.6 is 0 Å². The molecule has 0 amide bonds. The Bertz CT molecular complexity index is 580. The van der Waals surface area contributed by atoms with E-state index < -0.39 is 17.4 Å². The smallest absolute Gasteiger partial charge is 0.322 e. The summed E-state index contributed by atoms with van der Waals surface area (Å²) >= 11 is 0. The van der Waals surface area contributed by atoms with Crippen LogP contribution in [0.4, 0.5) is 0 Å². The van der Waals surface area contributed by atoms with Gasteiger partial charge in [-0.25, -0.2) is 0 Å². The first kappa shape index (κ1) is 33.8. The topological polar surface area (TPSA) is 126 Å². The minimum Gasteiger partial charge on any atom is -0.462 e. The number of carbonyl (C=O) groups excluding carboxylic acids is 2. The molecule has 0 bridgehead atoms. The van der Waals surface area contributed by atoms with Gasteiger partial charge in [-0.1, -0.05) is 0 Å². The Morgan fingerprint density at radius 2 is 0.923 bits per heavy atom. The van der Waals surface area contributed by atoms with Gasteiger partial charge in [0.15, 0.2) is 18.0 Å². The number of rotatable bonds is 22. The highest BCUT2D eigenvalue weighted by atomic mass is 16.7. The maximum atomic E-state index is 12.3. The van der Waals surface area contributed by atoms with Crippen molar-refractivity contribution in [2.24, 2.45) is 5.41 Å². The molecule has 0 aromatic rings. The van der Waals surface area contributed by atoms with Crippen LogP contribution in [0, 0.1) is 5.41 Å². The van der Waals surface area contributed by atoms with Crippen molar-refractivity contribution in [3.63, 3.8) is 0 Å². The highest BCUT2D eigenvalue weighted by Gasteiger charge is 2.39. The Morgan fingerprint density at radius 1 is 0.564 bits per heavy atom. The van der Waals surface area contributed by atoms with Crippen molar-refractivity contribution in [2.75, 3.05) is 92.5 Å². The van der Waals surface area contributed by atoms with Crippen LogP contribution in [0.1, 0.15) is 52.4 Å². The summed E-state index contributed by atoms with van der Waals surface area (Å²) in [5.74, 6) is -1.35. The summed E-state index contributed by atoms with van der Waals surface area (Å²) < 4.78 is 54.1. The van der Waals surface area contributed by atoms with Crippen molar-refractivity contribution in [2.45, 2.75) is 65.0 Å². The number of hydrogen-bond donors (Lipinski definition) is 0. The molecular formula is C27H48O12. The highest BCUT2D eigenvalue weighted by Crippen LogP contribution is 2.19. The second-order valence-corrected chi connectivity index (χ2v) is 9.68. The van der Waals surface area contributed by atoms with Crippen LogP contribution in [-0.4, -0.2) is 117 Å². The quantitative estimate of drug-likeness (QED) is 0.109. The third-order valence-electron chi connectivity index (χ3n) is 6.02. The first-order chi connectivity index (χ1) is 19.0. The zero-order valence-electron chi connectivity index (χ0n) is 23.7. The fraction of sp³-hybridized carbons (Fsp3) is 0.926. The molecule has 2 unspecified atom stereocenters. The van der Waals surface area contributed by atoms with Gasteiger partial charge in [0.1, 0.15) is 13.2 Å². The van der Waals surface area contributed by atoms with E-state index in [2.05, 4.69) is 0 Å². The number of esters is 2. The zero-order valence-corrected chi connectivity index (χ0v) is 23.7. The average molecular weight is 565 g/mol. The van der Waals surface area contributed by atoms with Crippen molar-refractivity contribution in [1.29, 1.82) is 0 Å². The molecule has 39 heavy (non-hydrogen) atoms. The SMILES string of the molecule is CC(C)(C(=O)OCCOCCOCCOC1CCCCO1)C(=O)OCCOCCOCCOC1CCCCO1. The summed E-state index contributed by atoms with van der Waals surface area (Å²) in [7, 11) is 0. The predicted octanol–water partition coefficient (Wildman–Crippen LogP) is 2.25. The summed E-state index contributed by atoms with van der Waals surface area (Å²) in [6.45, 7) is 8.26. The lowest BCUT2D eigenvalue weighted by atomic mass is 9.94. The van der Waals surface area contributed by atoms with Gasteiger partial charge in [-0.05, 0) is 52.4 Å². The summed E-state index contributed by atoms with van der Waals surface area (Å²) in [6, 6.07) is 0. The van der Waals surface area contributed by atoms with E-state index in [9.17, 15) is 9.59 Å². The Hall–Kier alpha value is -1.38. The Balaban J connectivity index is 1.35. The molecule has 228 valence electrons. The van der Waals surface area contributed by atoms with E-state index >= 15 is 0 Å². The molecule has 12 nitrogen and oxygen atoms in total. The lowest BCUT2D eigenvalue weighted by molar-refractivity contribution is -0.173. The molecule has 0 radical (unpaired) electrons. The molecule has 0 N–H and O–H groups in total. The Kier molecular flexibility index (Phi) is 18.5. The normalized spacial score (nSPS) is 20.1. The van der Waals surface area contributed by atoms with Gasteiger partial charge in [0, 0.05) is 13.2 Å². The van der Waals surface area contributed by atoms with Gasteiger partial charge in [0.25, 0.3) is 0 Å². The van der Waals surface area contributed by atoms with Crippen LogP contribution in [0.3, 0.4) is 0 Å². The lowest BCUT2D eigenvalue weighted by Gasteiger charge is -2.22. The van der Waals surface area contributed by atoms with Gasteiger partial charge in [-0.15, -0.1) is 0 Å². The molecule has 12 heteroatoms. The van der Waals surface area contributed by atoms with E-state index in [0.717, 1.165) is 51.7 Å². The molecule has 0 spiro atoms. The monoisotopic (exact) mass is 564 g/mol. The summed E-state index contributed by atoms with van der Waals surface area (Å²) in [4.78, 5) is 24.6. The Morgan fingerprint density at radius 3 is 1.28 bits per heavy atom. The van der Waals surface area contributed by atoms with Crippen molar-refractivity contribution in [1.82, 2.24) is 0 Å². The van der Waals surface area contributed by atoms with Crippen LogP contribution < -0.4 is 0 Å². The third kappa shape index (κ3) is 15.9. The summed E-state index contributed by atoms with van der Waals surface area (Å²) in [5.41, 5.74) is -1.43. The van der Waals surface area contributed by atoms with Crippen LogP contribution in [0.25, 0.3) is 0 Å². The van der Waals surface area contributed by atoms with E-state index in [-0.39, 0.29) is 39.0 Å². The standard InChI is InChI=1S/C27H48O12/c1-27(2,25(28)38-21-17-32-13-11-30-15-19-36-23-7-3-5-9-34-23)26(29)39-22-18-33-14-12-31-16-20-37-24-8-4-6-10-35-24/h23-24H,3-22H2,1-2H3. The van der Waals surface area contributed by atoms with Crippen molar-refractivity contribution < 1.29 is 57.0 Å².